The van der Waals surface area contributed by atoms with Crippen LogP contribution in [-0.4, -0.2) is 0 Å². The number of nitrogens with zero attached hydrogens (tertiary/aromatic N) is 1. The van der Waals surface area contributed by atoms with E-state index in [-0.39, 0.29) is 5.41 Å². The Balaban J connectivity index is 1.14. The van der Waals surface area contributed by atoms with Crippen molar-refractivity contribution in [2.45, 2.75) is 19.3 Å². The summed E-state index contributed by atoms with van der Waals surface area (Å²) in [7, 11) is 0. The number of benzene rings is 10. The highest BCUT2D eigenvalue weighted by Gasteiger charge is 2.38. The molecule has 0 heterocycles. The molecule has 0 spiro atoms. The molecule has 1 heteroatoms. The Labute approximate surface area is 352 Å². The van der Waals surface area contributed by atoms with Crippen LogP contribution in [0.5, 0.6) is 0 Å². The summed E-state index contributed by atoms with van der Waals surface area (Å²) in [5.74, 6) is 0. The zero-order valence-electron chi connectivity index (χ0n) is 33.8. The third-order valence-corrected chi connectivity index (χ3v) is 12.7. The largest absolute Gasteiger partial charge is 0.309 e. The summed E-state index contributed by atoms with van der Waals surface area (Å²) in [6.45, 7) is 4.73. The average molecular weight is 766 g/mol. The van der Waals surface area contributed by atoms with Gasteiger partial charge in [-0.05, 0) is 108 Å². The van der Waals surface area contributed by atoms with Gasteiger partial charge >= 0.3 is 0 Å². The zero-order chi connectivity index (χ0) is 40.2. The maximum absolute atomic E-state index is 2.51. The van der Waals surface area contributed by atoms with Crippen LogP contribution in [0.2, 0.25) is 0 Å². The minimum absolute atomic E-state index is 0.137. The monoisotopic (exact) mass is 765 g/mol. The molecule has 0 fully saturated rings. The first kappa shape index (κ1) is 35.7. The van der Waals surface area contributed by atoms with Gasteiger partial charge in [0.1, 0.15) is 0 Å². The summed E-state index contributed by atoms with van der Waals surface area (Å²) in [5, 5.41) is 5.07. The van der Waals surface area contributed by atoms with Crippen molar-refractivity contribution in [1.29, 1.82) is 0 Å². The van der Waals surface area contributed by atoms with Crippen molar-refractivity contribution < 1.29 is 0 Å². The van der Waals surface area contributed by atoms with E-state index in [1.165, 1.54) is 94.0 Å². The molecule has 60 heavy (non-hydrogen) atoms. The Morgan fingerprint density at radius 3 is 1.57 bits per heavy atom. The molecule has 0 amide bonds. The predicted molar refractivity (Wildman–Crippen MR) is 255 cm³/mol. The first-order valence-electron chi connectivity index (χ1n) is 20.9. The van der Waals surface area contributed by atoms with Gasteiger partial charge in [0.15, 0.2) is 0 Å². The second-order valence-electron chi connectivity index (χ2n) is 16.4. The number of hydrogen-bond acceptors (Lipinski definition) is 1. The molecule has 10 aromatic rings. The van der Waals surface area contributed by atoms with E-state index in [0.29, 0.717) is 0 Å². The van der Waals surface area contributed by atoms with Crippen LogP contribution in [0.3, 0.4) is 0 Å². The van der Waals surface area contributed by atoms with Crippen molar-refractivity contribution in [1.82, 2.24) is 0 Å². The average Bonchev–Trinajstić information content (AvgIpc) is 3.55. The molecule has 1 aliphatic rings. The topological polar surface area (TPSA) is 3.24 Å². The fraction of sp³-hybridized carbons (Fsp3) is 0.0508. The molecule has 0 bridgehead atoms. The summed E-state index contributed by atoms with van der Waals surface area (Å²) in [4.78, 5) is 2.51. The molecule has 0 atom stereocenters. The molecule has 10 aromatic carbocycles. The molecule has 0 unspecified atom stereocenters. The van der Waals surface area contributed by atoms with Gasteiger partial charge < -0.3 is 4.90 Å². The van der Waals surface area contributed by atoms with Crippen LogP contribution in [0.1, 0.15) is 25.0 Å². The van der Waals surface area contributed by atoms with Gasteiger partial charge in [0.25, 0.3) is 0 Å². The second-order valence-corrected chi connectivity index (χ2v) is 16.4. The van der Waals surface area contributed by atoms with Gasteiger partial charge in [0, 0.05) is 22.2 Å². The summed E-state index contributed by atoms with van der Waals surface area (Å²) < 4.78 is 0. The van der Waals surface area contributed by atoms with E-state index in [1.807, 2.05) is 0 Å². The lowest BCUT2D eigenvalue weighted by molar-refractivity contribution is 0.660. The van der Waals surface area contributed by atoms with Gasteiger partial charge in [0.05, 0.1) is 11.4 Å². The molecule has 0 saturated carbocycles. The molecule has 1 nitrogen and oxygen atoms in total. The highest BCUT2D eigenvalue weighted by molar-refractivity contribution is 6.14. The quantitative estimate of drug-likeness (QED) is 0.146. The number of anilines is 3. The number of hydrogen-bond donors (Lipinski definition) is 0. The van der Waals surface area contributed by atoms with Crippen molar-refractivity contribution in [2.24, 2.45) is 0 Å². The van der Waals surface area contributed by atoms with Gasteiger partial charge in [-0.3, -0.25) is 0 Å². The first-order chi connectivity index (χ1) is 29.6. The minimum atomic E-state index is -0.137. The minimum Gasteiger partial charge on any atom is -0.309 e. The van der Waals surface area contributed by atoms with Crippen LogP contribution in [0.15, 0.2) is 224 Å². The molecule has 0 aliphatic heterocycles. The van der Waals surface area contributed by atoms with Crippen molar-refractivity contribution >= 4 is 38.6 Å². The van der Waals surface area contributed by atoms with E-state index in [9.17, 15) is 0 Å². The second kappa shape index (κ2) is 14.4. The van der Waals surface area contributed by atoms with Crippen molar-refractivity contribution in [3.05, 3.63) is 236 Å². The summed E-state index contributed by atoms with van der Waals surface area (Å²) in [6.07, 6.45) is 0. The lowest BCUT2D eigenvalue weighted by Gasteiger charge is -2.31. The third-order valence-electron chi connectivity index (χ3n) is 12.7. The standard InChI is InChI=1S/C59H43N/c1-59(2)54-31-16-14-30-52(54)58-55(59)32-18-34-57(58)60(43-37-35-41(36-38-43)53-39-42-21-6-7-23-45(42)47-25-10-13-28-50(47)53)56-33-17-15-29-51(56)49-27-12-11-26-48(49)46-24-9-8-22-44(46)40-19-4-3-5-20-40/h3-39H,1-2H3. The van der Waals surface area contributed by atoms with Gasteiger partial charge in [-0.25, -0.2) is 0 Å². The molecular formula is C59H43N. The van der Waals surface area contributed by atoms with Crippen LogP contribution < -0.4 is 4.90 Å². The number of para-hydroxylation sites is 1. The van der Waals surface area contributed by atoms with Gasteiger partial charge in [-0.1, -0.05) is 208 Å². The Bertz CT molecular complexity index is 3230. The Kier molecular flexibility index (Phi) is 8.57. The highest BCUT2D eigenvalue weighted by atomic mass is 15.1. The Morgan fingerprint density at radius 1 is 0.317 bits per heavy atom. The smallest absolute Gasteiger partial charge is 0.0543 e. The van der Waals surface area contributed by atoms with E-state index in [2.05, 4.69) is 243 Å². The highest BCUT2D eigenvalue weighted by Crippen LogP contribution is 2.55. The fourth-order valence-corrected chi connectivity index (χ4v) is 9.85. The van der Waals surface area contributed by atoms with Crippen molar-refractivity contribution in [2.75, 3.05) is 4.90 Å². The Morgan fingerprint density at radius 2 is 0.817 bits per heavy atom. The number of fused-ring (bicyclic) bond motifs is 6. The molecular weight excluding hydrogens is 723 g/mol. The molecule has 0 saturated heterocycles. The third kappa shape index (κ3) is 5.77. The molecule has 1 aliphatic carbocycles. The van der Waals surface area contributed by atoms with Gasteiger partial charge in [-0.15, -0.1) is 0 Å². The molecule has 0 N–H and O–H groups in total. The van der Waals surface area contributed by atoms with Crippen LogP contribution >= 0.6 is 0 Å². The predicted octanol–water partition coefficient (Wildman–Crippen LogP) is 16.4. The van der Waals surface area contributed by atoms with E-state index in [0.717, 1.165) is 11.4 Å². The van der Waals surface area contributed by atoms with E-state index in [1.54, 1.807) is 0 Å². The van der Waals surface area contributed by atoms with Crippen LogP contribution in [0.4, 0.5) is 17.1 Å². The van der Waals surface area contributed by atoms with E-state index in [4.69, 9.17) is 0 Å². The number of rotatable bonds is 7. The zero-order valence-corrected chi connectivity index (χ0v) is 33.8. The normalized spacial score (nSPS) is 12.6. The van der Waals surface area contributed by atoms with Gasteiger partial charge in [-0.2, -0.15) is 0 Å². The molecule has 0 radical (unpaired) electrons. The molecule has 11 rings (SSSR count). The lowest BCUT2D eigenvalue weighted by atomic mass is 9.82. The first-order valence-corrected chi connectivity index (χ1v) is 20.9. The summed E-state index contributed by atoms with van der Waals surface area (Å²) >= 11 is 0. The SMILES string of the molecule is CC1(C)c2ccccc2-c2c(N(c3ccc(-c4cc5ccccc5c5ccccc45)cc3)c3ccccc3-c3ccccc3-c3ccccc3-c3ccccc3)cccc21. The van der Waals surface area contributed by atoms with Crippen molar-refractivity contribution in [3.8, 4) is 55.6 Å². The summed E-state index contributed by atoms with van der Waals surface area (Å²) in [5.41, 5.74) is 18.2. The fourth-order valence-electron chi connectivity index (χ4n) is 9.85. The maximum Gasteiger partial charge on any atom is 0.0543 e. The van der Waals surface area contributed by atoms with E-state index >= 15 is 0 Å². The van der Waals surface area contributed by atoms with Crippen LogP contribution in [0, 0.1) is 0 Å². The molecule has 0 aromatic heterocycles. The van der Waals surface area contributed by atoms with Gasteiger partial charge in [0.2, 0.25) is 0 Å². The van der Waals surface area contributed by atoms with Crippen molar-refractivity contribution in [3.63, 3.8) is 0 Å². The Hall–Kier alpha value is -7.48. The van der Waals surface area contributed by atoms with Crippen LogP contribution in [0.25, 0.3) is 77.2 Å². The van der Waals surface area contributed by atoms with E-state index < -0.39 is 0 Å². The molecule has 284 valence electrons. The van der Waals surface area contributed by atoms with Crippen LogP contribution in [-0.2, 0) is 5.41 Å². The maximum atomic E-state index is 2.51. The summed E-state index contributed by atoms with van der Waals surface area (Å²) in [6, 6.07) is 82.4. The lowest BCUT2D eigenvalue weighted by Crippen LogP contribution is -2.16.